The van der Waals surface area contributed by atoms with Gasteiger partial charge in [0.2, 0.25) is 11.9 Å². The van der Waals surface area contributed by atoms with Crippen LogP contribution in [0, 0.1) is 5.82 Å². The molecular weight excluding hydrogens is 419 g/mol. The third kappa shape index (κ3) is 4.36. The van der Waals surface area contributed by atoms with Crippen LogP contribution in [0.15, 0.2) is 85.3 Å². The first-order valence-corrected chi connectivity index (χ1v) is 10.5. The van der Waals surface area contributed by atoms with Gasteiger partial charge < -0.3 is 0 Å². The number of rotatable bonds is 6. The minimum atomic E-state index is -0.289. The van der Waals surface area contributed by atoms with Crippen molar-refractivity contribution in [2.24, 2.45) is 7.05 Å². The molecule has 0 fully saturated rings. The molecule has 0 aliphatic heterocycles. The summed E-state index contributed by atoms with van der Waals surface area (Å²) in [7, 11) is 1.75. The predicted molar refractivity (Wildman–Crippen MR) is 124 cm³/mol. The fourth-order valence-electron chi connectivity index (χ4n) is 3.93. The van der Waals surface area contributed by atoms with Gasteiger partial charge in [0.05, 0.1) is 17.4 Å². The third-order valence-corrected chi connectivity index (χ3v) is 5.51. The second-order valence-corrected chi connectivity index (χ2v) is 7.81. The summed E-state index contributed by atoms with van der Waals surface area (Å²) in [6, 6.07) is 22.2. The Kier molecular flexibility index (Phi) is 5.40. The molecule has 0 saturated heterocycles. The Hall–Kier alpha value is -4.33. The highest BCUT2D eigenvalue weighted by Crippen LogP contribution is 2.31. The van der Waals surface area contributed by atoms with E-state index in [4.69, 9.17) is 0 Å². The molecule has 0 bridgehead atoms. The summed E-state index contributed by atoms with van der Waals surface area (Å²) in [6.45, 7) is 0. The average Bonchev–Trinajstić information content (AvgIpc) is 3.44. The molecule has 1 amide bonds. The number of aromatic nitrogens is 5. The number of benzene rings is 3. The molecule has 164 valence electrons. The molecule has 7 nitrogen and oxygen atoms in total. The normalized spacial score (nSPS) is 12.1. The summed E-state index contributed by atoms with van der Waals surface area (Å²) in [6.07, 6.45) is 3.55. The Morgan fingerprint density at radius 2 is 1.82 bits per heavy atom. The van der Waals surface area contributed by atoms with Gasteiger partial charge in [-0.05, 0) is 47.5 Å². The Bertz CT molecular complexity index is 1410. The molecule has 3 aromatic carbocycles. The number of carbonyl (C=O) groups is 1. The number of fused-ring (bicyclic) bond motifs is 1. The topological polar surface area (TPSA) is 77.6 Å². The van der Waals surface area contributed by atoms with E-state index in [0.717, 1.165) is 27.7 Å². The Balaban J connectivity index is 1.47. The van der Waals surface area contributed by atoms with E-state index in [1.54, 1.807) is 30.1 Å². The third-order valence-electron chi connectivity index (χ3n) is 5.51. The molecule has 5 rings (SSSR count). The van der Waals surface area contributed by atoms with Crippen LogP contribution < -0.4 is 5.32 Å². The second kappa shape index (κ2) is 8.66. The maximum Gasteiger partial charge on any atom is 0.248 e. The van der Waals surface area contributed by atoms with Crippen molar-refractivity contribution in [2.45, 2.75) is 12.3 Å². The Morgan fingerprint density at radius 3 is 2.55 bits per heavy atom. The SMILES string of the molecule is Cn1cnc(NC(=O)CC(c2ccccc2)c2ccc3c(cnn3-c3ccc(F)cc3)c2)n1. The van der Waals surface area contributed by atoms with Gasteiger partial charge in [-0.15, -0.1) is 5.10 Å². The van der Waals surface area contributed by atoms with Crippen LogP contribution in [0.5, 0.6) is 0 Å². The summed E-state index contributed by atoms with van der Waals surface area (Å²) in [5.74, 6) is -0.335. The number of amides is 1. The number of hydrogen-bond donors (Lipinski definition) is 1. The molecule has 5 aromatic rings. The Labute approximate surface area is 189 Å². The standard InChI is InChI=1S/C25H21FN6O/c1-31-16-27-25(30-31)29-24(33)14-22(17-5-3-2-4-6-17)18-7-12-23-19(13-18)15-28-32(23)21-10-8-20(26)9-11-21/h2-13,15-16,22H,14H2,1H3,(H,29,30,33). The van der Waals surface area contributed by atoms with Gasteiger partial charge in [0.15, 0.2) is 0 Å². The van der Waals surface area contributed by atoms with Crippen LogP contribution in [0.1, 0.15) is 23.5 Å². The van der Waals surface area contributed by atoms with Gasteiger partial charge in [-0.2, -0.15) is 5.10 Å². The summed E-state index contributed by atoms with van der Waals surface area (Å²) in [5, 5.41) is 12.3. The first kappa shape index (κ1) is 20.6. The van der Waals surface area contributed by atoms with Crippen LogP contribution in [0.2, 0.25) is 0 Å². The largest absolute Gasteiger partial charge is 0.293 e. The second-order valence-electron chi connectivity index (χ2n) is 7.81. The van der Waals surface area contributed by atoms with E-state index in [-0.39, 0.29) is 30.0 Å². The molecule has 0 aliphatic rings. The minimum Gasteiger partial charge on any atom is -0.293 e. The maximum absolute atomic E-state index is 13.3. The number of nitrogens with one attached hydrogen (secondary N) is 1. The van der Waals surface area contributed by atoms with E-state index >= 15 is 0 Å². The van der Waals surface area contributed by atoms with Gasteiger partial charge >= 0.3 is 0 Å². The molecule has 1 atom stereocenters. The first-order chi connectivity index (χ1) is 16.1. The first-order valence-electron chi connectivity index (χ1n) is 10.5. The van der Waals surface area contributed by atoms with Gasteiger partial charge in [-0.3, -0.25) is 14.8 Å². The maximum atomic E-state index is 13.3. The fourth-order valence-corrected chi connectivity index (χ4v) is 3.93. The average molecular weight is 440 g/mol. The molecule has 1 N–H and O–H groups in total. The quantitative estimate of drug-likeness (QED) is 0.423. The summed E-state index contributed by atoms with van der Waals surface area (Å²) >= 11 is 0. The highest BCUT2D eigenvalue weighted by molar-refractivity contribution is 5.90. The van der Waals surface area contributed by atoms with Crippen molar-refractivity contribution in [1.29, 1.82) is 0 Å². The van der Waals surface area contributed by atoms with E-state index in [1.807, 2.05) is 48.5 Å². The molecule has 0 saturated carbocycles. The van der Waals surface area contributed by atoms with E-state index in [0.29, 0.717) is 0 Å². The van der Waals surface area contributed by atoms with Crippen molar-refractivity contribution < 1.29 is 9.18 Å². The molecule has 0 spiro atoms. The van der Waals surface area contributed by atoms with Crippen molar-refractivity contribution >= 4 is 22.8 Å². The highest BCUT2D eigenvalue weighted by Gasteiger charge is 2.20. The molecule has 0 aliphatic carbocycles. The van der Waals surface area contributed by atoms with Crippen LogP contribution in [0.4, 0.5) is 10.3 Å². The molecule has 2 heterocycles. The molecular formula is C25H21FN6O. The van der Waals surface area contributed by atoms with Crippen molar-refractivity contribution in [3.63, 3.8) is 0 Å². The van der Waals surface area contributed by atoms with Gasteiger partial charge in [0, 0.05) is 24.8 Å². The predicted octanol–water partition coefficient (Wildman–Crippen LogP) is 4.45. The fraction of sp³-hybridized carbons (Fsp3) is 0.120. The summed E-state index contributed by atoms with van der Waals surface area (Å²) in [4.78, 5) is 16.9. The number of halogens is 1. The van der Waals surface area contributed by atoms with Crippen molar-refractivity contribution in [3.8, 4) is 5.69 Å². The van der Waals surface area contributed by atoms with Gasteiger partial charge in [-0.1, -0.05) is 36.4 Å². The molecule has 1 unspecified atom stereocenters. The summed E-state index contributed by atoms with van der Waals surface area (Å²) < 4.78 is 16.6. The summed E-state index contributed by atoms with van der Waals surface area (Å²) in [5.41, 5.74) is 3.71. The zero-order chi connectivity index (χ0) is 22.8. The molecule has 8 heteroatoms. The lowest BCUT2D eigenvalue weighted by Gasteiger charge is -2.18. The van der Waals surface area contributed by atoms with Crippen molar-refractivity contribution in [3.05, 3.63) is 102 Å². The van der Waals surface area contributed by atoms with Crippen LogP contribution >= 0.6 is 0 Å². The smallest absolute Gasteiger partial charge is 0.248 e. The Morgan fingerprint density at radius 1 is 1.03 bits per heavy atom. The van der Waals surface area contributed by atoms with Crippen LogP contribution in [-0.2, 0) is 11.8 Å². The van der Waals surface area contributed by atoms with Crippen LogP contribution in [0.3, 0.4) is 0 Å². The molecule has 33 heavy (non-hydrogen) atoms. The lowest BCUT2D eigenvalue weighted by molar-refractivity contribution is -0.116. The number of carbonyl (C=O) groups excluding carboxylic acids is 1. The van der Waals surface area contributed by atoms with E-state index in [2.05, 4.69) is 20.5 Å². The monoisotopic (exact) mass is 440 g/mol. The lowest BCUT2D eigenvalue weighted by Crippen LogP contribution is -2.17. The van der Waals surface area contributed by atoms with Crippen molar-refractivity contribution in [2.75, 3.05) is 5.32 Å². The van der Waals surface area contributed by atoms with E-state index < -0.39 is 0 Å². The van der Waals surface area contributed by atoms with Crippen molar-refractivity contribution in [1.82, 2.24) is 24.5 Å². The molecule has 2 aromatic heterocycles. The number of anilines is 1. The number of hydrogen-bond acceptors (Lipinski definition) is 4. The lowest BCUT2D eigenvalue weighted by atomic mass is 9.87. The number of nitrogens with zero attached hydrogens (tertiary/aromatic N) is 5. The highest BCUT2D eigenvalue weighted by atomic mass is 19.1. The van der Waals surface area contributed by atoms with Gasteiger partial charge in [0.25, 0.3) is 0 Å². The minimum absolute atomic E-state index is 0.159. The van der Waals surface area contributed by atoms with Crippen LogP contribution in [-0.4, -0.2) is 30.5 Å². The van der Waals surface area contributed by atoms with Gasteiger partial charge in [0.1, 0.15) is 12.1 Å². The van der Waals surface area contributed by atoms with E-state index in [1.165, 1.54) is 23.1 Å². The zero-order valence-corrected chi connectivity index (χ0v) is 17.9. The molecule has 0 radical (unpaired) electrons. The van der Waals surface area contributed by atoms with Gasteiger partial charge in [-0.25, -0.2) is 14.1 Å². The van der Waals surface area contributed by atoms with E-state index in [9.17, 15) is 9.18 Å². The van der Waals surface area contributed by atoms with Crippen LogP contribution in [0.25, 0.3) is 16.6 Å². The zero-order valence-electron chi connectivity index (χ0n) is 17.9. The number of aryl methyl sites for hydroxylation is 1.